The minimum absolute atomic E-state index is 0. The van der Waals surface area contributed by atoms with E-state index in [2.05, 4.69) is 0 Å². The van der Waals surface area contributed by atoms with Gasteiger partial charge in [-0.2, -0.15) is 0 Å². The minimum atomic E-state index is -0.966. The Bertz CT molecular complexity index is 308. The molecule has 0 aliphatic heterocycles. The van der Waals surface area contributed by atoms with Gasteiger partial charge >= 0.3 is 26.2 Å². The number of carbonyl (C=O) groups excluding carboxylic acids is 3. The Morgan fingerprint density at radius 3 is 0.821 bits per heavy atom. The number of carbonyl (C=O) groups is 3. The summed E-state index contributed by atoms with van der Waals surface area (Å²) in [5, 5.41) is 29.5. The van der Waals surface area contributed by atoms with Gasteiger partial charge in [0.05, 0.1) is 0 Å². The van der Waals surface area contributed by atoms with Gasteiger partial charge in [0.15, 0.2) is 0 Å². The third-order valence-electron chi connectivity index (χ3n) is 3.26. The van der Waals surface area contributed by atoms with Crippen molar-refractivity contribution in [2.75, 3.05) is 19.6 Å². The van der Waals surface area contributed by atoms with Gasteiger partial charge in [-0.3, -0.25) is 0 Å². The average Bonchev–Trinajstić information content (AvgIpc) is 2.60. The maximum atomic E-state index is 9.82. The van der Waals surface area contributed by atoms with E-state index in [0.717, 1.165) is 38.5 Å². The molecule has 0 heterocycles. The van der Waals surface area contributed by atoms with E-state index in [1.807, 2.05) is 0 Å². The Morgan fingerprint density at radius 2 is 0.679 bits per heavy atom. The monoisotopic (exact) mass is 599 g/mol. The molecule has 0 amide bonds. The van der Waals surface area contributed by atoms with Crippen LogP contribution in [0.2, 0.25) is 0 Å². The van der Waals surface area contributed by atoms with Crippen molar-refractivity contribution in [2.45, 2.75) is 77.0 Å². The fourth-order valence-corrected chi connectivity index (χ4v) is 1.77. The van der Waals surface area contributed by atoms with Crippen LogP contribution in [0.3, 0.4) is 0 Å². The molecule has 0 atom stereocenters. The van der Waals surface area contributed by atoms with Crippen molar-refractivity contribution in [3.05, 3.63) is 0 Å². The molecule has 28 heavy (non-hydrogen) atoms. The van der Waals surface area contributed by atoms with E-state index in [-0.39, 0.29) is 45.5 Å². The predicted octanol–water partition coefficient (Wildman–Crippen LogP) is -2.61. The molecule has 10 heteroatoms. The van der Waals surface area contributed by atoms with E-state index in [1.54, 1.807) is 0 Å². The Morgan fingerprint density at radius 1 is 0.464 bits per heavy atom. The normalized spacial score (nSPS) is 9.11. The van der Waals surface area contributed by atoms with Crippen molar-refractivity contribution in [2.24, 2.45) is 17.2 Å². The van der Waals surface area contributed by atoms with Crippen LogP contribution in [-0.4, -0.2) is 63.7 Å². The molecule has 0 spiro atoms. The van der Waals surface area contributed by atoms with Gasteiger partial charge in [0.2, 0.25) is 0 Å². The fraction of sp³-hybridized carbons (Fsp3) is 0.833. The summed E-state index contributed by atoms with van der Waals surface area (Å²) in [7, 11) is 0. The average molecular weight is 599 g/mol. The predicted molar refractivity (Wildman–Crippen MR) is 103 cm³/mol. The molecule has 0 aliphatic rings. The van der Waals surface area contributed by atoms with Crippen LogP contribution in [0.15, 0.2) is 0 Å². The van der Waals surface area contributed by atoms with Crippen molar-refractivity contribution < 1.29 is 29.7 Å². The first-order valence-corrected chi connectivity index (χ1v) is 9.51. The second-order valence-corrected chi connectivity index (χ2v) is 5.91. The fourth-order valence-electron chi connectivity index (χ4n) is 1.77. The standard InChI is InChI=1S/3C6H13NO2.Bi/c3*7-5-3-1-2-4-6(8)9;/h3*1-5,7H2,(H,8,9);/q;;;+3/p-3. The summed E-state index contributed by atoms with van der Waals surface area (Å²) >= 11 is 0. The molecule has 6 N–H and O–H groups in total. The zero-order chi connectivity index (χ0) is 21.3. The van der Waals surface area contributed by atoms with Gasteiger partial charge in [-0.05, 0) is 77.4 Å². The third-order valence-corrected chi connectivity index (χ3v) is 3.26. The maximum absolute atomic E-state index is 9.82. The van der Waals surface area contributed by atoms with E-state index < -0.39 is 17.9 Å². The first kappa shape index (κ1) is 34.7. The number of aliphatic carboxylic acids is 3. The molecule has 0 saturated heterocycles. The van der Waals surface area contributed by atoms with E-state index in [4.69, 9.17) is 17.2 Å². The molecule has 9 nitrogen and oxygen atoms in total. The molecule has 0 saturated carbocycles. The van der Waals surface area contributed by atoms with Gasteiger partial charge in [-0.25, -0.2) is 0 Å². The Kier molecular flexibility index (Phi) is 38.2. The molecular weight excluding hydrogens is 563 g/mol. The maximum Gasteiger partial charge on any atom is 3.00 e. The summed E-state index contributed by atoms with van der Waals surface area (Å²) in [5.41, 5.74) is 15.5. The Balaban J connectivity index is -0.000000152. The second-order valence-electron chi connectivity index (χ2n) is 5.91. The molecule has 2 radical (unpaired) electrons. The molecule has 0 fully saturated rings. The molecule has 0 aromatic heterocycles. The Hall–Kier alpha value is -0.827. The third kappa shape index (κ3) is 49.9. The topological polar surface area (TPSA) is 198 Å². The number of nitrogens with two attached hydrogens (primary N) is 3. The van der Waals surface area contributed by atoms with Crippen LogP contribution < -0.4 is 32.5 Å². The molecule has 0 aromatic rings. The minimum Gasteiger partial charge on any atom is -0.550 e. The number of hydrogen-bond acceptors (Lipinski definition) is 9. The van der Waals surface area contributed by atoms with Crippen LogP contribution in [0.5, 0.6) is 0 Å². The van der Waals surface area contributed by atoms with Crippen molar-refractivity contribution in [1.29, 1.82) is 0 Å². The number of unbranched alkanes of at least 4 members (excludes halogenated alkanes) is 6. The van der Waals surface area contributed by atoms with Gasteiger partial charge in [0, 0.05) is 17.9 Å². The van der Waals surface area contributed by atoms with Crippen molar-refractivity contribution >= 4 is 44.1 Å². The van der Waals surface area contributed by atoms with Gasteiger partial charge < -0.3 is 46.9 Å². The second kappa shape index (κ2) is 30.9. The summed E-state index contributed by atoms with van der Waals surface area (Å²) in [5.74, 6) is -2.90. The quantitative estimate of drug-likeness (QED) is 0.133. The molecule has 0 unspecified atom stereocenters. The summed E-state index contributed by atoms with van der Waals surface area (Å²) in [4.78, 5) is 29.5. The molecule has 0 aromatic carbocycles. The van der Waals surface area contributed by atoms with Gasteiger partial charge in [-0.1, -0.05) is 19.3 Å². The van der Waals surface area contributed by atoms with Gasteiger partial charge in [0.1, 0.15) is 0 Å². The summed E-state index contributed by atoms with van der Waals surface area (Å²) in [6.07, 6.45) is 7.99. The van der Waals surface area contributed by atoms with Crippen LogP contribution in [-0.2, 0) is 14.4 Å². The van der Waals surface area contributed by atoms with Crippen LogP contribution in [0.25, 0.3) is 0 Å². The van der Waals surface area contributed by atoms with Crippen molar-refractivity contribution in [3.63, 3.8) is 0 Å². The number of hydrogen-bond donors (Lipinski definition) is 3. The Labute approximate surface area is 187 Å². The summed E-state index contributed by atoms with van der Waals surface area (Å²) in [6.45, 7) is 1.94. The van der Waals surface area contributed by atoms with Crippen LogP contribution >= 0.6 is 0 Å². The molecule has 164 valence electrons. The van der Waals surface area contributed by atoms with Gasteiger partial charge in [-0.15, -0.1) is 0 Å². The number of carboxylic acids is 3. The SMILES string of the molecule is NCCCCCC(=O)[O-].NCCCCCC(=O)[O-].NCCCCCC(=O)[O-].[Bi+3]. The molecule has 0 aliphatic carbocycles. The van der Waals surface area contributed by atoms with Crippen LogP contribution in [0.1, 0.15) is 77.0 Å². The smallest absolute Gasteiger partial charge is 0.550 e. The molecule has 0 bridgehead atoms. The van der Waals surface area contributed by atoms with Crippen LogP contribution in [0.4, 0.5) is 0 Å². The molecule has 0 rings (SSSR count). The summed E-state index contributed by atoms with van der Waals surface area (Å²) < 4.78 is 0. The van der Waals surface area contributed by atoms with Crippen LogP contribution in [0, 0.1) is 0 Å². The first-order valence-electron chi connectivity index (χ1n) is 9.51. The van der Waals surface area contributed by atoms with E-state index in [1.165, 1.54) is 0 Å². The molecular formula is C18H36BiN3O6. The van der Waals surface area contributed by atoms with Crippen molar-refractivity contribution in [3.8, 4) is 0 Å². The van der Waals surface area contributed by atoms with E-state index in [9.17, 15) is 29.7 Å². The van der Waals surface area contributed by atoms with Crippen molar-refractivity contribution in [1.82, 2.24) is 0 Å². The van der Waals surface area contributed by atoms with Gasteiger partial charge in [0.25, 0.3) is 0 Å². The zero-order valence-electron chi connectivity index (χ0n) is 16.7. The van der Waals surface area contributed by atoms with E-state index >= 15 is 0 Å². The zero-order valence-corrected chi connectivity index (χ0v) is 20.2. The number of rotatable bonds is 15. The largest absolute Gasteiger partial charge is 3.00 e. The first-order chi connectivity index (χ1) is 12.8. The number of carboxylic acid groups (broad SMARTS) is 3. The van der Waals surface area contributed by atoms with E-state index in [0.29, 0.717) is 38.9 Å². The summed E-state index contributed by atoms with van der Waals surface area (Å²) in [6, 6.07) is 0.